The highest BCUT2D eigenvalue weighted by molar-refractivity contribution is 7.18. The summed E-state index contributed by atoms with van der Waals surface area (Å²) in [6, 6.07) is 11.7. The molecule has 30 heavy (non-hydrogen) atoms. The van der Waals surface area contributed by atoms with Gasteiger partial charge in [0.2, 0.25) is 5.91 Å². The van der Waals surface area contributed by atoms with Gasteiger partial charge >= 0.3 is 0 Å². The van der Waals surface area contributed by atoms with Crippen LogP contribution in [-0.2, 0) is 4.79 Å². The molecule has 0 bridgehead atoms. The molecular weight excluding hydrogens is 396 g/mol. The van der Waals surface area contributed by atoms with E-state index in [1.54, 1.807) is 0 Å². The molecule has 0 atom stereocenters. The normalized spacial score (nSPS) is 14.8. The molecule has 0 unspecified atom stereocenters. The van der Waals surface area contributed by atoms with Gasteiger partial charge in [0.05, 0.1) is 21.5 Å². The van der Waals surface area contributed by atoms with Gasteiger partial charge in [0.15, 0.2) is 0 Å². The van der Waals surface area contributed by atoms with Crippen LogP contribution in [0.15, 0.2) is 30.3 Å². The highest BCUT2D eigenvalue weighted by Gasteiger charge is 2.25. The van der Waals surface area contributed by atoms with Crippen molar-refractivity contribution in [2.45, 2.75) is 46.6 Å². The highest BCUT2D eigenvalue weighted by Crippen LogP contribution is 2.29. The van der Waals surface area contributed by atoms with E-state index >= 15 is 0 Å². The Kier molecular flexibility index (Phi) is 6.47. The molecule has 7 heteroatoms. The molecule has 2 heterocycles. The van der Waals surface area contributed by atoms with Crippen LogP contribution < -0.4 is 15.5 Å². The van der Waals surface area contributed by atoms with Gasteiger partial charge < -0.3 is 15.5 Å². The maximum atomic E-state index is 12.8. The number of amides is 2. The average Bonchev–Trinajstić information content (AvgIpc) is 3.08. The number of hydrogen-bond donors (Lipinski definition) is 2. The molecule has 1 aromatic carbocycles. The van der Waals surface area contributed by atoms with E-state index in [0.717, 1.165) is 37.2 Å². The molecule has 1 saturated heterocycles. The third kappa shape index (κ3) is 5.19. The van der Waals surface area contributed by atoms with Crippen molar-refractivity contribution in [3.8, 4) is 6.07 Å². The van der Waals surface area contributed by atoms with Crippen LogP contribution in [-0.4, -0.2) is 30.9 Å². The van der Waals surface area contributed by atoms with E-state index in [1.165, 1.54) is 11.3 Å². The molecule has 0 radical (unpaired) electrons. The Labute approximate surface area is 181 Å². The minimum Gasteiger partial charge on any atom is -0.371 e. The fourth-order valence-electron chi connectivity index (χ4n) is 3.35. The zero-order chi connectivity index (χ0) is 21.9. The Morgan fingerprint density at radius 1 is 1.17 bits per heavy atom. The Morgan fingerprint density at radius 3 is 2.37 bits per heavy atom. The number of rotatable bonds is 4. The minimum absolute atomic E-state index is 0.0640. The molecule has 2 aromatic rings. The summed E-state index contributed by atoms with van der Waals surface area (Å²) >= 11 is 1.32. The number of piperidine rings is 1. The first-order chi connectivity index (χ1) is 14.2. The molecular formula is C23H28N4O2S. The number of benzene rings is 1. The van der Waals surface area contributed by atoms with E-state index in [0.29, 0.717) is 15.4 Å². The van der Waals surface area contributed by atoms with Gasteiger partial charge in [-0.25, -0.2) is 0 Å². The van der Waals surface area contributed by atoms with Crippen molar-refractivity contribution in [3.63, 3.8) is 0 Å². The van der Waals surface area contributed by atoms with Crippen molar-refractivity contribution in [1.82, 2.24) is 5.32 Å². The molecule has 1 fully saturated rings. The summed E-state index contributed by atoms with van der Waals surface area (Å²) in [6.07, 6.45) is 1.73. The SMILES string of the molecule is Cc1cc(NC(=O)C(C)(C)C)sc1C(=O)NC1CCN(c2ccc(C#N)cc2)CC1. The van der Waals surface area contributed by atoms with Crippen molar-refractivity contribution in [3.05, 3.63) is 46.3 Å². The standard InChI is InChI=1S/C23H28N4O2S/c1-15-13-19(26-22(29)23(2,3)4)30-20(15)21(28)25-17-9-11-27(12-10-17)18-7-5-16(14-24)6-8-18/h5-8,13,17H,9-12H2,1-4H3,(H,25,28)(H,26,29). The second kappa shape index (κ2) is 8.88. The average molecular weight is 425 g/mol. The smallest absolute Gasteiger partial charge is 0.261 e. The molecule has 6 nitrogen and oxygen atoms in total. The number of anilines is 2. The maximum absolute atomic E-state index is 12.8. The minimum atomic E-state index is -0.483. The number of nitriles is 1. The van der Waals surface area contributed by atoms with Crippen molar-refractivity contribution in [2.75, 3.05) is 23.3 Å². The third-order valence-electron chi connectivity index (χ3n) is 5.23. The number of carbonyl (C=O) groups is 2. The number of thiophene rings is 1. The van der Waals surface area contributed by atoms with Gasteiger partial charge in [0.1, 0.15) is 0 Å². The Morgan fingerprint density at radius 2 is 1.80 bits per heavy atom. The number of nitrogens with one attached hydrogen (secondary N) is 2. The first-order valence-corrected chi connectivity index (χ1v) is 11.0. The largest absolute Gasteiger partial charge is 0.371 e. The summed E-state index contributed by atoms with van der Waals surface area (Å²) in [7, 11) is 0. The van der Waals surface area contributed by atoms with Crippen LogP contribution in [0.25, 0.3) is 0 Å². The van der Waals surface area contributed by atoms with Crippen LogP contribution in [0.1, 0.15) is 54.4 Å². The third-order valence-corrected chi connectivity index (χ3v) is 6.38. The molecule has 0 saturated carbocycles. The van der Waals surface area contributed by atoms with E-state index < -0.39 is 5.41 Å². The fourth-order valence-corrected chi connectivity index (χ4v) is 4.32. The molecule has 1 aliphatic heterocycles. The van der Waals surface area contributed by atoms with Crippen molar-refractivity contribution < 1.29 is 9.59 Å². The maximum Gasteiger partial charge on any atom is 0.261 e. The second-order valence-electron chi connectivity index (χ2n) is 8.72. The van der Waals surface area contributed by atoms with Gasteiger partial charge in [-0.05, 0) is 55.7 Å². The van der Waals surface area contributed by atoms with E-state index in [2.05, 4.69) is 21.6 Å². The molecule has 0 aliphatic carbocycles. The topological polar surface area (TPSA) is 85.2 Å². The molecule has 1 aromatic heterocycles. The second-order valence-corrected chi connectivity index (χ2v) is 9.77. The van der Waals surface area contributed by atoms with Crippen molar-refractivity contribution >= 4 is 33.8 Å². The zero-order valence-corrected chi connectivity index (χ0v) is 18.7. The Bertz CT molecular complexity index is 959. The van der Waals surface area contributed by atoms with E-state index in [9.17, 15) is 9.59 Å². The number of hydrogen-bond acceptors (Lipinski definition) is 5. The summed E-state index contributed by atoms with van der Waals surface area (Å²) in [6.45, 7) is 9.19. The lowest BCUT2D eigenvalue weighted by atomic mass is 9.96. The Hall–Kier alpha value is -2.85. The summed E-state index contributed by atoms with van der Waals surface area (Å²) in [5.74, 6) is -0.142. The van der Waals surface area contributed by atoms with Crippen LogP contribution in [0.5, 0.6) is 0 Å². The first kappa shape index (κ1) is 21.8. The lowest BCUT2D eigenvalue weighted by molar-refractivity contribution is -0.123. The summed E-state index contributed by atoms with van der Waals surface area (Å²) in [4.78, 5) is 27.9. The first-order valence-electron chi connectivity index (χ1n) is 10.2. The molecule has 0 spiro atoms. The van der Waals surface area contributed by atoms with Crippen molar-refractivity contribution in [1.29, 1.82) is 5.26 Å². The molecule has 2 amide bonds. The van der Waals surface area contributed by atoms with E-state index in [1.807, 2.05) is 58.0 Å². The van der Waals surface area contributed by atoms with E-state index in [-0.39, 0.29) is 17.9 Å². The summed E-state index contributed by atoms with van der Waals surface area (Å²) in [5.41, 5.74) is 2.15. The van der Waals surface area contributed by atoms with E-state index in [4.69, 9.17) is 5.26 Å². The number of carbonyl (C=O) groups excluding carboxylic acids is 2. The molecule has 3 rings (SSSR count). The highest BCUT2D eigenvalue weighted by atomic mass is 32.1. The lowest BCUT2D eigenvalue weighted by Gasteiger charge is -2.34. The predicted octanol–water partition coefficient (Wildman–Crippen LogP) is 4.31. The fraction of sp³-hybridized carbons (Fsp3) is 0.435. The Balaban J connectivity index is 1.56. The number of nitrogens with zero attached hydrogens (tertiary/aromatic N) is 2. The lowest BCUT2D eigenvalue weighted by Crippen LogP contribution is -2.44. The van der Waals surface area contributed by atoms with Gasteiger partial charge in [-0.3, -0.25) is 9.59 Å². The van der Waals surface area contributed by atoms with Gasteiger partial charge in [-0.1, -0.05) is 20.8 Å². The quantitative estimate of drug-likeness (QED) is 0.766. The van der Waals surface area contributed by atoms with Crippen LogP contribution in [0.2, 0.25) is 0 Å². The molecule has 1 aliphatic rings. The monoisotopic (exact) mass is 424 g/mol. The van der Waals surface area contributed by atoms with Crippen molar-refractivity contribution in [2.24, 2.45) is 5.41 Å². The molecule has 2 N–H and O–H groups in total. The summed E-state index contributed by atoms with van der Waals surface area (Å²) in [5, 5.41) is 15.7. The van der Waals surface area contributed by atoms with Crippen LogP contribution in [0, 0.1) is 23.7 Å². The molecule has 158 valence electrons. The summed E-state index contributed by atoms with van der Waals surface area (Å²) < 4.78 is 0. The predicted molar refractivity (Wildman–Crippen MR) is 121 cm³/mol. The van der Waals surface area contributed by atoms with Crippen LogP contribution >= 0.6 is 11.3 Å². The van der Waals surface area contributed by atoms with Gasteiger partial charge in [-0.2, -0.15) is 5.26 Å². The number of aryl methyl sites for hydroxylation is 1. The van der Waals surface area contributed by atoms with Gasteiger partial charge in [0, 0.05) is 30.2 Å². The zero-order valence-electron chi connectivity index (χ0n) is 17.9. The van der Waals surface area contributed by atoms with Gasteiger partial charge in [0.25, 0.3) is 5.91 Å². The van der Waals surface area contributed by atoms with Gasteiger partial charge in [-0.15, -0.1) is 11.3 Å². The van der Waals surface area contributed by atoms with Crippen LogP contribution in [0.4, 0.5) is 10.7 Å². The van der Waals surface area contributed by atoms with Crippen LogP contribution in [0.3, 0.4) is 0 Å².